The zero-order valence-corrected chi connectivity index (χ0v) is 8.22. The predicted octanol–water partition coefficient (Wildman–Crippen LogP) is 2.86. The smallest absolute Gasteiger partial charge is 0.180 e. The molecule has 0 radical (unpaired) electrons. The molecule has 0 saturated heterocycles. The molecule has 2 nitrogen and oxygen atoms in total. The van der Waals surface area contributed by atoms with Crippen LogP contribution in [0.25, 0.3) is 11.3 Å². The van der Waals surface area contributed by atoms with E-state index in [1.165, 1.54) is 11.3 Å². The van der Waals surface area contributed by atoms with Crippen LogP contribution in [0.2, 0.25) is 0 Å². The summed E-state index contributed by atoms with van der Waals surface area (Å²) in [6.45, 7) is -0.479. The Hall–Kier alpha value is -1.42. The number of nitrogen functional groups attached to an aromatic ring is 1. The third kappa shape index (κ3) is 1.61. The van der Waals surface area contributed by atoms with Gasteiger partial charge in [-0.25, -0.2) is 9.37 Å². The monoisotopic (exact) mass is 208 g/mol. The molecular weight excluding hydrogens is 199 g/mol. The Labute approximate surface area is 85.2 Å². The summed E-state index contributed by atoms with van der Waals surface area (Å²) in [7, 11) is 0. The van der Waals surface area contributed by atoms with Crippen LogP contribution in [0.15, 0.2) is 29.6 Å². The van der Waals surface area contributed by atoms with Gasteiger partial charge in [0.15, 0.2) is 5.13 Å². The quantitative estimate of drug-likeness (QED) is 0.824. The van der Waals surface area contributed by atoms with Crippen LogP contribution in [0.1, 0.15) is 5.56 Å². The molecule has 4 heteroatoms. The van der Waals surface area contributed by atoms with Crippen LogP contribution >= 0.6 is 11.3 Å². The van der Waals surface area contributed by atoms with E-state index in [1.54, 1.807) is 6.07 Å². The maximum Gasteiger partial charge on any atom is 0.180 e. The second-order valence-electron chi connectivity index (χ2n) is 2.86. The highest BCUT2D eigenvalue weighted by molar-refractivity contribution is 7.13. The Balaban J connectivity index is 2.50. The second-order valence-corrected chi connectivity index (χ2v) is 3.75. The minimum Gasteiger partial charge on any atom is -0.375 e. The fourth-order valence-corrected chi connectivity index (χ4v) is 1.86. The summed E-state index contributed by atoms with van der Waals surface area (Å²) in [5, 5.41) is 2.35. The summed E-state index contributed by atoms with van der Waals surface area (Å²) in [6, 6.07) is 7.28. The van der Waals surface area contributed by atoms with E-state index in [0.29, 0.717) is 10.7 Å². The molecule has 0 aliphatic carbocycles. The van der Waals surface area contributed by atoms with Crippen LogP contribution in [0.3, 0.4) is 0 Å². The molecule has 0 aliphatic rings. The largest absolute Gasteiger partial charge is 0.375 e. The van der Waals surface area contributed by atoms with Gasteiger partial charge in [0.1, 0.15) is 6.67 Å². The molecule has 0 atom stereocenters. The third-order valence-electron chi connectivity index (χ3n) is 1.96. The topological polar surface area (TPSA) is 38.9 Å². The first-order valence-corrected chi connectivity index (χ1v) is 5.04. The number of nitrogens with zero attached hydrogens (tertiary/aromatic N) is 1. The fraction of sp³-hybridized carbons (Fsp3) is 0.100. The summed E-state index contributed by atoms with van der Waals surface area (Å²) in [5.74, 6) is 0. The van der Waals surface area contributed by atoms with Crippen molar-refractivity contribution in [3.05, 3.63) is 35.2 Å². The average molecular weight is 208 g/mol. The van der Waals surface area contributed by atoms with Crippen LogP contribution in [-0.4, -0.2) is 4.98 Å². The lowest BCUT2D eigenvalue weighted by Crippen LogP contribution is -1.87. The van der Waals surface area contributed by atoms with Crippen LogP contribution in [-0.2, 0) is 6.67 Å². The number of hydrogen-bond donors (Lipinski definition) is 1. The number of nitrogens with two attached hydrogens (primary N) is 1. The first kappa shape index (κ1) is 9.15. The average Bonchev–Trinajstić information content (AvgIpc) is 2.65. The van der Waals surface area contributed by atoms with Crippen molar-refractivity contribution in [1.29, 1.82) is 0 Å². The lowest BCUT2D eigenvalue weighted by Gasteiger charge is -2.01. The maximum atomic E-state index is 12.6. The van der Waals surface area contributed by atoms with Crippen molar-refractivity contribution < 1.29 is 4.39 Å². The Morgan fingerprint density at radius 2 is 2.14 bits per heavy atom. The van der Waals surface area contributed by atoms with E-state index in [9.17, 15) is 4.39 Å². The highest BCUT2D eigenvalue weighted by Gasteiger charge is 2.06. The van der Waals surface area contributed by atoms with Crippen molar-refractivity contribution in [3.63, 3.8) is 0 Å². The van der Waals surface area contributed by atoms with E-state index in [4.69, 9.17) is 5.73 Å². The van der Waals surface area contributed by atoms with Gasteiger partial charge in [0, 0.05) is 10.9 Å². The van der Waals surface area contributed by atoms with Crippen LogP contribution in [0.5, 0.6) is 0 Å². The Kier molecular flexibility index (Phi) is 2.45. The number of thiazole rings is 1. The van der Waals surface area contributed by atoms with Gasteiger partial charge in [0.05, 0.1) is 5.69 Å². The fourth-order valence-electron chi connectivity index (χ4n) is 1.30. The standard InChI is InChI=1S/C10H9FN2S/c11-5-7-3-1-2-4-8(7)9-6-14-10(12)13-9/h1-4,6H,5H2,(H2,12,13). The normalized spacial score (nSPS) is 10.4. The highest BCUT2D eigenvalue weighted by Crippen LogP contribution is 2.26. The first-order chi connectivity index (χ1) is 6.81. The zero-order chi connectivity index (χ0) is 9.97. The minimum atomic E-state index is -0.479. The van der Waals surface area contributed by atoms with Gasteiger partial charge < -0.3 is 5.73 Å². The Morgan fingerprint density at radius 1 is 1.36 bits per heavy atom. The molecule has 0 bridgehead atoms. The van der Waals surface area contributed by atoms with Crippen molar-refractivity contribution in [2.45, 2.75) is 6.67 Å². The van der Waals surface area contributed by atoms with E-state index in [0.717, 1.165) is 11.3 Å². The number of benzene rings is 1. The summed E-state index contributed by atoms with van der Waals surface area (Å²) in [5.41, 5.74) is 7.74. The molecule has 0 aliphatic heterocycles. The molecule has 2 aromatic rings. The van der Waals surface area contributed by atoms with E-state index >= 15 is 0 Å². The third-order valence-corrected chi connectivity index (χ3v) is 2.63. The van der Waals surface area contributed by atoms with Crippen molar-refractivity contribution >= 4 is 16.5 Å². The molecule has 1 aromatic heterocycles. The number of anilines is 1. The van der Waals surface area contributed by atoms with Gasteiger partial charge in [0.25, 0.3) is 0 Å². The van der Waals surface area contributed by atoms with E-state index in [1.807, 2.05) is 23.6 Å². The molecule has 2 N–H and O–H groups in total. The molecule has 72 valence electrons. The number of alkyl halides is 1. The summed E-state index contributed by atoms with van der Waals surface area (Å²) < 4.78 is 12.6. The predicted molar refractivity (Wildman–Crippen MR) is 56.8 cm³/mol. The summed E-state index contributed by atoms with van der Waals surface area (Å²) in [6.07, 6.45) is 0. The van der Waals surface area contributed by atoms with Gasteiger partial charge in [-0.1, -0.05) is 24.3 Å². The summed E-state index contributed by atoms with van der Waals surface area (Å²) in [4.78, 5) is 4.12. The number of halogens is 1. The Bertz CT molecular complexity index is 439. The molecule has 14 heavy (non-hydrogen) atoms. The molecule has 0 amide bonds. The van der Waals surface area contributed by atoms with Gasteiger partial charge in [-0.15, -0.1) is 11.3 Å². The van der Waals surface area contributed by atoms with E-state index in [-0.39, 0.29) is 0 Å². The van der Waals surface area contributed by atoms with Gasteiger partial charge >= 0.3 is 0 Å². The van der Waals surface area contributed by atoms with Gasteiger partial charge in [-0.3, -0.25) is 0 Å². The molecule has 1 aromatic carbocycles. The van der Waals surface area contributed by atoms with Gasteiger partial charge in [-0.2, -0.15) is 0 Å². The highest BCUT2D eigenvalue weighted by atomic mass is 32.1. The number of rotatable bonds is 2. The molecule has 0 unspecified atom stereocenters. The maximum absolute atomic E-state index is 12.6. The zero-order valence-electron chi connectivity index (χ0n) is 7.40. The number of aromatic nitrogens is 1. The first-order valence-electron chi connectivity index (χ1n) is 4.16. The van der Waals surface area contributed by atoms with Crippen LogP contribution in [0.4, 0.5) is 9.52 Å². The Morgan fingerprint density at radius 3 is 2.79 bits per heavy atom. The van der Waals surface area contributed by atoms with Gasteiger partial charge in [-0.05, 0) is 5.56 Å². The van der Waals surface area contributed by atoms with Crippen LogP contribution in [0, 0.1) is 0 Å². The molecule has 0 spiro atoms. The van der Waals surface area contributed by atoms with E-state index in [2.05, 4.69) is 4.98 Å². The van der Waals surface area contributed by atoms with Crippen molar-refractivity contribution in [2.75, 3.05) is 5.73 Å². The molecule has 1 heterocycles. The SMILES string of the molecule is Nc1nc(-c2ccccc2CF)cs1. The lowest BCUT2D eigenvalue weighted by atomic mass is 10.1. The summed E-state index contributed by atoms with van der Waals surface area (Å²) >= 11 is 1.36. The molecule has 2 rings (SSSR count). The number of hydrogen-bond acceptors (Lipinski definition) is 3. The van der Waals surface area contributed by atoms with E-state index < -0.39 is 6.67 Å². The van der Waals surface area contributed by atoms with Crippen LogP contribution < -0.4 is 5.73 Å². The lowest BCUT2D eigenvalue weighted by molar-refractivity contribution is 0.486. The second kappa shape index (κ2) is 3.75. The van der Waals surface area contributed by atoms with Crippen molar-refractivity contribution in [2.24, 2.45) is 0 Å². The van der Waals surface area contributed by atoms with Crippen molar-refractivity contribution in [1.82, 2.24) is 4.98 Å². The minimum absolute atomic E-state index is 0.479. The van der Waals surface area contributed by atoms with Gasteiger partial charge in [0.2, 0.25) is 0 Å². The molecule has 0 fully saturated rings. The molecule has 0 saturated carbocycles. The molecular formula is C10H9FN2S. The van der Waals surface area contributed by atoms with Crippen molar-refractivity contribution in [3.8, 4) is 11.3 Å².